The van der Waals surface area contributed by atoms with Gasteiger partial charge in [-0.2, -0.15) is 0 Å². The Labute approximate surface area is 136 Å². The van der Waals surface area contributed by atoms with Gasteiger partial charge in [-0.15, -0.1) is 0 Å². The monoisotopic (exact) mass is 313 g/mol. The van der Waals surface area contributed by atoms with Crippen molar-refractivity contribution in [2.45, 2.75) is 38.7 Å². The summed E-state index contributed by atoms with van der Waals surface area (Å²) in [5, 5.41) is 9.55. The predicted octanol–water partition coefficient (Wildman–Crippen LogP) is 3.45. The highest BCUT2D eigenvalue weighted by Crippen LogP contribution is 2.28. The molecule has 4 nitrogen and oxygen atoms in total. The van der Waals surface area contributed by atoms with Crippen molar-refractivity contribution in [2.24, 2.45) is 0 Å². The molecule has 1 amide bonds. The second-order valence-corrected chi connectivity index (χ2v) is 7.18. The minimum Gasteiger partial charge on any atom is -0.451 e. The number of β-amino-alcohol motifs (C(OH)–C–C–N with tert-alkyl or cyclic N) is 1. The third-order valence-electron chi connectivity index (χ3n) is 4.30. The van der Waals surface area contributed by atoms with Crippen LogP contribution in [0.25, 0.3) is 11.3 Å². The largest absolute Gasteiger partial charge is 0.451 e. The van der Waals surface area contributed by atoms with Crippen molar-refractivity contribution >= 4 is 5.91 Å². The molecule has 1 aromatic carbocycles. The van der Waals surface area contributed by atoms with Gasteiger partial charge < -0.3 is 14.4 Å². The van der Waals surface area contributed by atoms with E-state index in [9.17, 15) is 9.90 Å². The summed E-state index contributed by atoms with van der Waals surface area (Å²) in [6.45, 7) is 7.49. The maximum atomic E-state index is 12.3. The highest BCUT2D eigenvalue weighted by Gasteiger charge is 2.27. The van der Waals surface area contributed by atoms with E-state index in [1.807, 2.05) is 18.2 Å². The molecular formula is C19H23NO3. The molecule has 0 saturated carbocycles. The molecule has 1 aromatic heterocycles. The van der Waals surface area contributed by atoms with Crippen LogP contribution >= 0.6 is 0 Å². The van der Waals surface area contributed by atoms with E-state index in [4.69, 9.17) is 4.42 Å². The Morgan fingerprint density at radius 3 is 2.43 bits per heavy atom. The van der Waals surface area contributed by atoms with Crippen molar-refractivity contribution in [3.05, 3.63) is 47.7 Å². The molecule has 0 spiro atoms. The van der Waals surface area contributed by atoms with Gasteiger partial charge in [-0.05, 0) is 29.5 Å². The molecule has 2 heterocycles. The summed E-state index contributed by atoms with van der Waals surface area (Å²) in [5.41, 5.74) is 2.33. The zero-order valence-electron chi connectivity index (χ0n) is 13.9. The lowest BCUT2D eigenvalue weighted by Crippen LogP contribution is -2.29. The van der Waals surface area contributed by atoms with Crippen LogP contribution in [0, 0.1) is 0 Å². The first kappa shape index (κ1) is 15.8. The first-order valence-corrected chi connectivity index (χ1v) is 8.03. The smallest absolute Gasteiger partial charge is 0.289 e. The van der Waals surface area contributed by atoms with Crippen LogP contribution in [0.2, 0.25) is 0 Å². The quantitative estimate of drug-likeness (QED) is 0.924. The third kappa shape index (κ3) is 3.32. The number of aliphatic hydroxyl groups excluding tert-OH is 1. The van der Waals surface area contributed by atoms with Crippen LogP contribution in [0.15, 0.2) is 40.8 Å². The average Bonchev–Trinajstić information content (AvgIpc) is 3.15. The lowest BCUT2D eigenvalue weighted by Gasteiger charge is -2.18. The summed E-state index contributed by atoms with van der Waals surface area (Å²) >= 11 is 0. The van der Waals surface area contributed by atoms with E-state index < -0.39 is 6.10 Å². The van der Waals surface area contributed by atoms with Gasteiger partial charge in [0.05, 0.1) is 6.10 Å². The average molecular weight is 313 g/mol. The second kappa shape index (κ2) is 5.85. The number of rotatable bonds is 2. The molecule has 1 atom stereocenters. The van der Waals surface area contributed by atoms with Crippen LogP contribution in [0.5, 0.6) is 0 Å². The maximum absolute atomic E-state index is 12.3. The van der Waals surface area contributed by atoms with Gasteiger partial charge in [0.15, 0.2) is 5.76 Å². The summed E-state index contributed by atoms with van der Waals surface area (Å²) in [5.74, 6) is 0.863. The Bertz CT molecular complexity index is 694. The van der Waals surface area contributed by atoms with Crippen LogP contribution in [-0.4, -0.2) is 35.1 Å². The number of likely N-dealkylation sites (tertiary alicyclic amines) is 1. The minimum atomic E-state index is -0.418. The fourth-order valence-corrected chi connectivity index (χ4v) is 2.82. The predicted molar refractivity (Wildman–Crippen MR) is 89.4 cm³/mol. The number of carbonyl (C=O) groups excluding carboxylic acids is 1. The fourth-order valence-electron chi connectivity index (χ4n) is 2.82. The van der Waals surface area contributed by atoms with Crippen molar-refractivity contribution in [1.29, 1.82) is 0 Å². The number of amides is 1. The molecule has 0 unspecified atom stereocenters. The molecule has 0 bridgehead atoms. The topological polar surface area (TPSA) is 53.7 Å². The van der Waals surface area contributed by atoms with E-state index in [-0.39, 0.29) is 11.3 Å². The molecule has 122 valence electrons. The molecule has 2 aromatic rings. The van der Waals surface area contributed by atoms with Gasteiger partial charge in [-0.25, -0.2) is 0 Å². The highest BCUT2D eigenvalue weighted by atomic mass is 16.4. The van der Waals surface area contributed by atoms with Gasteiger partial charge in [0, 0.05) is 18.7 Å². The molecular weight excluding hydrogens is 290 g/mol. The molecule has 1 aliphatic rings. The van der Waals surface area contributed by atoms with Gasteiger partial charge in [0.2, 0.25) is 0 Å². The third-order valence-corrected chi connectivity index (χ3v) is 4.30. The molecule has 1 saturated heterocycles. The maximum Gasteiger partial charge on any atom is 0.289 e. The Kier molecular flexibility index (Phi) is 4.02. The number of furan rings is 1. The second-order valence-electron chi connectivity index (χ2n) is 7.18. The first-order chi connectivity index (χ1) is 10.8. The minimum absolute atomic E-state index is 0.111. The Morgan fingerprint density at radius 1 is 1.17 bits per heavy atom. The number of aliphatic hydroxyl groups is 1. The summed E-state index contributed by atoms with van der Waals surface area (Å²) < 4.78 is 5.73. The van der Waals surface area contributed by atoms with Gasteiger partial charge in [0.25, 0.3) is 5.91 Å². The van der Waals surface area contributed by atoms with Crippen molar-refractivity contribution in [3.63, 3.8) is 0 Å². The number of nitrogens with zero attached hydrogens (tertiary/aromatic N) is 1. The van der Waals surface area contributed by atoms with Crippen molar-refractivity contribution < 1.29 is 14.3 Å². The van der Waals surface area contributed by atoms with Crippen LogP contribution in [0.1, 0.15) is 43.3 Å². The summed E-state index contributed by atoms with van der Waals surface area (Å²) in [7, 11) is 0. The number of hydrogen-bond acceptors (Lipinski definition) is 3. The van der Waals surface area contributed by atoms with E-state index in [0.717, 1.165) is 5.56 Å². The summed E-state index contributed by atoms with van der Waals surface area (Å²) in [6, 6.07) is 11.8. The van der Waals surface area contributed by atoms with Crippen molar-refractivity contribution in [2.75, 3.05) is 13.1 Å². The van der Waals surface area contributed by atoms with E-state index in [1.54, 1.807) is 11.0 Å². The van der Waals surface area contributed by atoms with E-state index >= 15 is 0 Å². The van der Waals surface area contributed by atoms with Crippen molar-refractivity contribution in [3.8, 4) is 11.3 Å². The van der Waals surface area contributed by atoms with Gasteiger partial charge in [0.1, 0.15) is 5.76 Å². The molecule has 4 heteroatoms. The van der Waals surface area contributed by atoms with Crippen molar-refractivity contribution in [1.82, 2.24) is 4.90 Å². The Morgan fingerprint density at radius 2 is 1.87 bits per heavy atom. The molecule has 23 heavy (non-hydrogen) atoms. The normalized spacial score (nSPS) is 18.4. The van der Waals surface area contributed by atoms with Gasteiger partial charge in [-0.3, -0.25) is 4.79 Å². The SMILES string of the molecule is CC(C)(C)c1ccc(-c2ccc(C(=O)N3CC[C@H](O)C3)o2)cc1. The van der Waals surface area contributed by atoms with Crippen LogP contribution in [0.3, 0.4) is 0 Å². The highest BCUT2D eigenvalue weighted by molar-refractivity contribution is 5.92. The van der Waals surface area contributed by atoms with E-state index in [2.05, 4.69) is 32.9 Å². The Hall–Kier alpha value is -2.07. The number of hydrogen-bond donors (Lipinski definition) is 1. The molecule has 3 rings (SSSR count). The van der Waals surface area contributed by atoms with Crippen LogP contribution in [-0.2, 0) is 5.41 Å². The van der Waals surface area contributed by atoms with Crippen LogP contribution in [0.4, 0.5) is 0 Å². The summed E-state index contributed by atoms with van der Waals surface area (Å²) in [4.78, 5) is 14.0. The molecule has 1 N–H and O–H groups in total. The van der Waals surface area contributed by atoms with E-state index in [1.165, 1.54) is 5.56 Å². The molecule has 0 radical (unpaired) electrons. The van der Waals surface area contributed by atoms with E-state index in [0.29, 0.717) is 31.0 Å². The first-order valence-electron chi connectivity index (χ1n) is 8.03. The molecule has 0 aliphatic carbocycles. The fraction of sp³-hybridized carbons (Fsp3) is 0.421. The standard InChI is InChI=1S/C19H23NO3/c1-19(2,3)14-6-4-13(5-7-14)16-8-9-17(23-16)18(22)20-11-10-15(21)12-20/h4-9,15,21H,10-12H2,1-3H3/t15-/m0/s1. The number of carbonyl (C=O) groups is 1. The Balaban J connectivity index is 1.78. The van der Waals surface area contributed by atoms with Crippen LogP contribution < -0.4 is 0 Å². The molecule has 1 aliphatic heterocycles. The molecule has 1 fully saturated rings. The van der Waals surface area contributed by atoms with Gasteiger partial charge in [-0.1, -0.05) is 45.0 Å². The summed E-state index contributed by atoms with van der Waals surface area (Å²) in [6.07, 6.45) is 0.214. The number of benzene rings is 1. The lowest BCUT2D eigenvalue weighted by molar-refractivity contribution is 0.0734. The zero-order chi connectivity index (χ0) is 16.6. The zero-order valence-corrected chi connectivity index (χ0v) is 13.9. The lowest BCUT2D eigenvalue weighted by atomic mass is 9.86. The van der Waals surface area contributed by atoms with Gasteiger partial charge >= 0.3 is 0 Å².